The van der Waals surface area contributed by atoms with E-state index in [2.05, 4.69) is 18.3 Å². The minimum atomic E-state index is 0. The summed E-state index contributed by atoms with van der Waals surface area (Å²) in [5.41, 5.74) is 2.32. The van der Waals surface area contributed by atoms with Gasteiger partial charge in [0.15, 0.2) is 0 Å². The number of halogens is 1. The van der Waals surface area contributed by atoms with E-state index in [1.807, 2.05) is 23.1 Å². The van der Waals surface area contributed by atoms with Gasteiger partial charge < -0.3 is 15.0 Å². The number of amides is 1. The molecule has 106 valence electrons. The zero-order chi connectivity index (χ0) is 13.0. The van der Waals surface area contributed by atoms with Crippen molar-refractivity contribution in [1.29, 1.82) is 0 Å². The number of benzene rings is 1. The van der Waals surface area contributed by atoms with Crippen LogP contribution in [-0.4, -0.2) is 38.8 Å². The molecule has 1 aromatic carbocycles. The number of methoxy groups -OCH3 is 1. The maximum atomic E-state index is 12.2. The number of para-hydroxylation sites is 1. The van der Waals surface area contributed by atoms with E-state index >= 15 is 0 Å². The first-order valence-electron chi connectivity index (χ1n) is 6.33. The van der Waals surface area contributed by atoms with Crippen molar-refractivity contribution in [3.05, 3.63) is 29.8 Å². The molecule has 0 radical (unpaired) electrons. The van der Waals surface area contributed by atoms with Crippen molar-refractivity contribution in [3.63, 3.8) is 0 Å². The lowest BCUT2D eigenvalue weighted by atomic mass is 10.1. The second-order valence-corrected chi connectivity index (χ2v) is 4.62. The van der Waals surface area contributed by atoms with Gasteiger partial charge in [0.1, 0.15) is 0 Å². The van der Waals surface area contributed by atoms with Crippen LogP contribution in [0, 0.1) is 0 Å². The van der Waals surface area contributed by atoms with Crippen LogP contribution in [0.1, 0.15) is 12.5 Å². The molecule has 0 fully saturated rings. The summed E-state index contributed by atoms with van der Waals surface area (Å²) in [6, 6.07) is 8.37. The predicted molar refractivity (Wildman–Crippen MR) is 79.1 cm³/mol. The molecule has 1 unspecified atom stereocenters. The Bertz CT molecular complexity index is 426. The van der Waals surface area contributed by atoms with Gasteiger partial charge in [-0.15, -0.1) is 12.4 Å². The molecule has 1 atom stereocenters. The number of nitrogens with one attached hydrogen (secondary N) is 1. The molecule has 0 aromatic heterocycles. The summed E-state index contributed by atoms with van der Waals surface area (Å²) in [4.78, 5) is 14.1. The van der Waals surface area contributed by atoms with Gasteiger partial charge in [-0.1, -0.05) is 18.2 Å². The van der Waals surface area contributed by atoms with E-state index in [0.29, 0.717) is 19.7 Å². The van der Waals surface area contributed by atoms with Gasteiger partial charge in [0.25, 0.3) is 0 Å². The normalized spacial score (nSPS) is 16.9. The van der Waals surface area contributed by atoms with Crippen molar-refractivity contribution in [1.82, 2.24) is 5.32 Å². The molecule has 0 saturated carbocycles. The lowest BCUT2D eigenvalue weighted by molar-refractivity contribution is -0.118. The third kappa shape index (κ3) is 3.69. The first-order chi connectivity index (χ1) is 8.74. The highest BCUT2D eigenvalue weighted by atomic mass is 35.5. The molecular weight excluding hydrogens is 264 g/mol. The summed E-state index contributed by atoms with van der Waals surface area (Å²) in [5.74, 6) is 0.128. The van der Waals surface area contributed by atoms with Crippen LogP contribution in [-0.2, 0) is 16.0 Å². The summed E-state index contributed by atoms with van der Waals surface area (Å²) >= 11 is 0. The topological polar surface area (TPSA) is 41.6 Å². The van der Waals surface area contributed by atoms with Crippen LogP contribution in [0.3, 0.4) is 0 Å². The Labute approximate surface area is 120 Å². The Morgan fingerprint density at radius 3 is 2.95 bits per heavy atom. The summed E-state index contributed by atoms with van der Waals surface area (Å²) in [5, 5.41) is 3.10. The lowest BCUT2D eigenvalue weighted by Gasteiger charge is -2.22. The van der Waals surface area contributed by atoms with E-state index < -0.39 is 0 Å². The summed E-state index contributed by atoms with van der Waals surface area (Å²) < 4.78 is 4.94. The van der Waals surface area contributed by atoms with Crippen molar-refractivity contribution in [2.75, 3.05) is 31.7 Å². The van der Waals surface area contributed by atoms with Gasteiger partial charge in [-0.2, -0.15) is 0 Å². The van der Waals surface area contributed by atoms with Crippen LogP contribution in [0.5, 0.6) is 0 Å². The number of carbonyl (C=O) groups excluding carboxylic acids is 1. The highest BCUT2D eigenvalue weighted by Gasteiger charge is 2.29. The van der Waals surface area contributed by atoms with E-state index in [1.165, 1.54) is 5.56 Å². The standard InChI is InChI=1S/C14H20N2O2.ClH/c1-11-9-12-5-3-4-6-13(12)16(11)14(17)10-15-7-8-18-2;/h3-6,11,15H,7-10H2,1-2H3;1H. The molecule has 1 N–H and O–H groups in total. The van der Waals surface area contributed by atoms with Crippen LogP contribution >= 0.6 is 12.4 Å². The van der Waals surface area contributed by atoms with E-state index in [9.17, 15) is 4.79 Å². The smallest absolute Gasteiger partial charge is 0.241 e. The van der Waals surface area contributed by atoms with Gasteiger partial charge in [0, 0.05) is 25.4 Å². The van der Waals surface area contributed by atoms with Gasteiger partial charge in [0.05, 0.1) is 13.2 Å². The number of nitrogens with zero attached hydrogens (tertiary/aromatic N) is 1. The Morgan fingerprint density at radius 1 is 1.47 bits per heavy atom. The zero-order valence-electron chi connectivity index (χ0n) is 11.4. The highest BCUT2D eigenvalue weighted by molar-refractivity contribution is 5.97. The Balaban J connectivity index is 0.00000180. The molecule has 1 aliphatic heterocycles. The molecule has 2 rings (SSSR count). The average molecular weight is 285 g/mol. The molecule has 1 aromatic rings. The monoisotopic (exact) mass is 284 g/mol. The van der Waals surface area contributed by atoms with Crippen LogP contribution in [0.25, 0.3) is 0 Å². The summed E-state index contributed by atoms with van der Waals surface area (Å²) in [7, 11) is 1.66. The largest absolute Gasteiger partial charge is 0.383 e. The molecule has 0 spiro atoms. The average Bonchev–Trinajstić information content (AvgIpc) is 2.70. The first-order valence-corrected chi connectivity index (χ1v) is 6.33. The van der Waals surface area contributed by atoms with Gasteiger partial charge in [0.2, 0.25) is 5.91 Å². The first kappa shape index (κ1) is 16.0. The summed E-state index contributed by atoms with van der Waals surface area (Å²) in [6.07, 6.45) is 0.944. The fraction of sp³-hybridized carbons (Fsp3) is 0.500. The lowest BCUT2D eigenvalue weighted by Crippen LogP contribution is -2.42. The van der Waals surface area contributed by atoms with Gasteiger partial charge >= 0.3 is 0 Å². The second kappa shape index (κ2) is 7.48. The number of hydrogen-bond acceptors (Lipinski definition) is 3. The van der Waals surface area contributed by atoms with Crippen LogP contribution in [0.2, 0.25) is 0 Å². The van der Waals surface area contributed by atoms with Crippen molar-refractivity contribution >= 4 is 24.0 Å². The van der Waals surface area contributed by atoms with Crippen molar-refractivity contribution in [3.8, 4) is 0 Å². The van der Waals surface area contributed by atoms with Crippen molar-refractivity contribution in [2.24, 2.45) is 0 Å². The fourth-order valence-corrected chi connectivity index (χ4v) is 2.40. The van der Waals surface area contributed by atoms with E-state index in [4.69, 9.17) is 4.74 Å². The molecule has 1 amide bonds. The molecule has 4 nitrogen and oxygen atoms in total. The number of ether oxygens (including phenoxy) is 1. The zero-order valence-corrected chi connectivity index (χ0v) is 12.2. The molecule has 19 heavy (non-hydrogen) atoms. The van der Waals surface area contributed by atoms with Crippen LogP contribution < -0.4 is 10.2 Å². The molecule has 0 bridgehead atoms. The molecule has 1 aliphatic rings. The number of carbonyl (C=O) groups is 1. The van der Waals surface area contributed by atoms with Gasteiger partial charge in [-0.05, 0) is 25.0 Å². The van der Waals surface area contributed by atoms with Crippen molar-refractivity contribution in [2.45, 2.75) is 19.4 Å². The summed E-state index contributed by atoms with van der Waals surface area (Å²) in [6.45, 7) is 3.78. The van der Waals surface area contributed by atoms with Crippen LogP contribution in [0.4, 0.5) is 5.69 Å². The molecular formula is C14H21ClN2O2. The molecule has 1 heterocycles. The third-order valence-corrected chi connectivity index (χ3v) is 3.24. The van der Waals surface area contributed by atoms with E-state index in [0.717, 1.165) is 12.1 Å². The minimum absolute atomic E-state index is 0. The Kier molecular flexibility index (Phi) is 6.28. The Morgan fingerprint density at radius 2 is 2.21 bits per heavy atom. The molecule has 0 aliphatic carbocycles. The van der Waals surface area contributed by atoms with E-state index in [-0.39, 0.29) is 24.4 Å². The van der Waals surface area contributed by atoms with Gasteiger partial charge in [-0.3, -0.25) is 4.79 Å². The van der Waals surface area contributed by atoms with Gasteiger partial charge in [-0.25, -0.2) is 0 Å². The predicted octanol–water partition coefficient (Wildman–Crippen LogP) is 1.62. The Hall–Kier alpha value is -1.10. The second-order valence-electron chi connectivity index (χ2n) is 4.62. The van der Waals surface area contributed by atoms with Crippen molar-refractivity contribution < 1.29 is 9.53 Å². The number of fused-ring (bicyclic) bond motifs is 1. The maximum absolute atomic E-state index is 12.2. The number of rotatable bonds is 5. The SMILES string of the molecule is COCCNCC(=O)N1c2ccccc2CC1C.Cl. The maximum Gasteiger partial charge on any atom is 0.241 e. The molecule has 5 heteroatoms. The fourth-order valence-electron chi connectivity index (χ4n) is 2.40. The minimum Gasteiger partial charge on any atom is -0.383 e. The quantitative estimate of drug-likeness (QED) is 0.836. The van der Waals surface area contributed by atoms with E-state index in [1.54, 1.807) is 7.11 Å². The molecule has 0 saturated heterocycles. The highest BCUT2D eigenvalue weighted by Crippen LogP contribution is 2.31. The number of hydrogen-bond donors (Lipinski definition) is 1. The third-order valence-electron chi connectivity index (χ3n) is 3.24. The number of anilines is 1. The van der Waals surface area contributed by atoms with Crippen LogP contribution in [0.15, 0.2) is 24.3 Å².